The summed E-state index contributed by atoms with van der Waals surface area (Å²) >= 11 is 0. The summed E-state index contributed by atoms with van der Waals surface area (Å²) in [6, 6.07) is 0. The SMILES string of the molecule is CC1(C)CC(O)(C2=CCCCC2)CCO1. The predicted octanol–water partition coefficient (Wildman–Crippen LogP) is 2.81. The number of hydrogen-bond donors (Lipinski definition) is 1. The summed E-state index contributed by atoms with van der Waals surface area (Å²) in [6.07, 6.45) is 8.49. The molecule has 2 nitrogen and oxygen atoms in total. The molecule has 1 saturated heterocycles. The fourth-order valence-electron chi connectivity index (χ4n) is 2.87. The molecule has 2 rings (SSSR count). The van der Waals surface area contributed by atoms with Gasteiger partial charge in [-0.1, -0.05) is 6.08 Å². The summed E-state index contributed by atoms with van der Waals surface area (Å²) in [5, 5.41) is 10.7. The molecule has 1 N–H and O–H groups in total. The Bertz CT molecular complexity index is 268. The van der Waals surface area contributed by atoms with Crippen molar-refractivity contribution in [2.75, 3.05) is 6.61 Å². The molecule has 1 unspecified atom stereocenters. The van der Waals surface area contributed by atoms with Crippen molar-refractivity contribution in [3.05, 3.63) is 11.6 Å². The second kappa shape index (κ2) is 3.91. The van der Waals surface area contributed by atoms with Crippen molar-refractivity contribution in [3.63, 3.8) is 0 Å². The maximum atomic E-state index is 10.7. The van der Waals surface area contributed by atoms with Gasteiger partial charge in [-0.25, -0.2) is 0 Å². The van der Waals surface area contributed by atoms with Crippen molar-refractivity contribution in [3.8, 4) is 0 Å². The summed E-state index contributed by atoms with van der Waals surface area (Å²) in [4.78, 5) is 0. The third kappa shape index (κ3) is 2.43. The Morgan fingerprint density at radius 3 is 2.73 bits per heavy atom. The predicted molar refractivity (Wildman–Crippen MR) is 60.8 cm³/mol. The van der Waals surface area contributed by atoms with Crippen LogP contribution >= 0.6 is 0 Å². The van der Waals surface area contributed by atoms with Crippen LogP contribution in [0.3, 0.4) is 0 Å². The highest BCUT2D eigenvalue weighted by molar-refractivity contribution is 5.20. The van der Waals surface area contributed by atoms with Gasteiger partial charge >= 0.3 is 0 Å². The van der Waals surface area contributed by atoms with Gasteiger partial charge in [0.05, 0.1) is 17.8 Å². The molecular formula is C13H22O2. The summed E-state index contributed by atoms with van der Waals surface area (Å²) in [6.45, 7) is 4.82. The average molecular weight is 210 g/mol. The van der Waals surface area contributed by atoms with E-state index in [-0.39, 0.29) is 5.60 Å². The van der Waals surface area contributed by atoms with Crippen molar-refractivity contribution in [1.29, 1.82) is 0 Å². The standard InChI is InChI=1S/C13H22O2/c1-12(2)10-13(14,8-9-15-12)11-6-4-3-5-7-11/h6,14H,3-5,7-10H2,1-2H3. The van der Waals surface area contributed by atoms with Gasteiger partial charge in [0.1, 0.15) is 0 Å². The maximum Gasteiger partial charge on any atom is 0.0905 e. The van der Waals surface area contributed by atoms with Crippen molar-refractivity contribution in [2.24, 2.45) is 0 Å². The first-order valence-corrected chi connectivity index (χ1v) is 6.08. The van der Waals surface area contributed by atoms with Gasteiger partial charge in [0, 0.05) is 12.8 Å². The molecule has 0 saturated carbocycles. The van der Waals surface area contributed by atoms with Crippen LogP contribution in [0.25, 0.3) is 0 Å². The van der Waals surface area contributed by atoms with Gasteiger partial charge in [0.2, 0.25) is 0 Å². The van der Waals surface area contributed by atoms with Crippen LogP contribution in [0.2, 0.25) is 0 Å². The molecule has 86 valence electrons. The van der Waals surface area contributed by atoms with Gasteiger partial charge in [-0.15, -0.1) is 0 Å². The van der Waals surface area contributed by atoms with Gasteiger partial charge < -0.3 is 9.84 Å². The van der Waals surface area contributed by atoms with E-state index in [0.29, 0.717) is 6.61 Å². The third-order valence-electron chi connectivity index (χ3n) is 3.62. The van der Waals surface area contributed by atoms with Crippen LogP contribution in [-0.2, 0) is 4.74 Å². The lowest BCUT2D eigenvalue weighted by Gasteiger charge is -2.43. The summed E-state index contributed by atoms with van der Waals surface area (Å²) < 4.78 is 5.66. The molecule has 2 heteroatoms. The molecule has 0 aromatic heterocycles. The lowest BCUT2D eigenvalue weighted by molar-refractivity contribution is -0.130. The lowest BCUT2D eigenvalue weighted by atomic mass is 9.75. The lowest BCUT2D eigenvalue weighted by Crippen LogP contribution is -2.47. The molecule has 1 fully saturated rings. The summed E-state index contributed by atoms with van der Waals surface area (Å²) in [5.74, 6) is 0. The zero-order valence-corrected chi connectivity index (χ0v) is 9.88. The van der Waals surface area contributed by atoms with Crippen LogP contribution in [0.15, 0.2) is 11.6 Å². The molecule has 1 aliphatic heterocycles. The highest BCUT2D eigenvalue weighted by Gasteiger charge is 2.41. The Morgan fingerprint density at radius 1 is 1.33 bits per heavy atom. The highest BCUT2D eigenvalue weighted by Crippen LogP contribution is 2.40. The van der Waals surface area contributed by atoms with E-state index >= 15 is 0 Å². The van der Waals surface area contributed by atoms with Gasteiger partial charge in [0.25, 0.3) is 0 Å². The van der Waals surface area contributed by atoms with E-state index in [2.05, 4.69) is 19.9 Å². The van der Waals surface area contributed by atoms with Crippen LogP contribution in [0.4, 0.5) is 0 Å². The zero-order valence-electron chi connectivity index (χ0n) is 9.88. The van der Waals surface area contributed by atoms with E-state index in [4.69, 9.17) is 4.74 Å². The van der Waals surface area contributed by atoms with E-state index in [1.165, 1.54) is 18.4 Å². The van der Waals surface area contributed by atoms with Gasteiger partial charge in [-0.05, 0) is 45.1 Å². The Kier molecular flexibility index (Phi) is 2.91. The molecule has 0 aromatic carbocycles. The van der Waals surface area contributed by atoms with E-state index < -0.39 is 5.60 Å². The molecule has 1 atom stereocenters. The quantitative estimate of drug-likeness (QED) is 0.674. The van der Waals surface area contributed by atoms with Gasteiger partial charge in [-0.2, -0.15) is 0 Å². The molecule has 0 bridgehead atoms. The fourth-order valence-corrected chi connectivity index (χ4v) is 2.87. The number of ether oxygens (including phenoxy) is 1. The van der Waals surface area contributed by atoms with E-state index in [9.17, 15) is 5.11 Å². The Balaban J connectivity index is 2.14. The van der Waals surface area contributed by atoms with Crippen LogP contribution in [-0.4, -0.2) is 22.9 Å². The Hall–Kier alpha value is -0.340. The normalized spacial score (nSPS) is 36.1. The molecule has 0 aromatic rings. The number of hydrogen-bond acceptors (Lipinski definition) is 2. The summed E-state index contributed by atoms with van der Waals surface area (Å²) in [5.41, 5.74) is 0.512. The van der Waals surface area contributed by atoms with Gasteiger partial charge in [-0.3, -0.25) is 0 Å². The first-order chi connectivity index (χ1) is 7.02. The maximum absolute atomic E-state index is 10.7. The number of rotatable bonds is 1. The minimum Gasteiger partial charge on any atom is -0.385 e. The van der Waals surface area contributed by atoms with E-state index in [0.717, 1.165) is 25.7 Å². The second-order valence-electron chi connectivity index (χ2n) is 5.54. The smallest absolute Gasteiger partial charge is 0.0905 e. The molecule has 1 heterocycles. The van der Waals surface area contributed by atoms with Crippen molar-refractivity contribution in [1.82, 2.24) is 0 Å². The monoisotopic (exact) mass is 210 g/mol. The molecule has 0 spiro atoms. The zero-order chi connectivity index (χ0) is 10.9. The average Bonchev–Trinajstić information content (AvgIpc) is 2.17. The van der Waals surface area contributed by atoms with Gasteiger partial charge in [0.15, 0.2) is 0 Å². The topological polar surface area (TPSA) is 29.5 Å². The third-order valence-corrected chi connectivity index (χ3v) is 3.62. The Morgan fingerprint density at radius 2 is 2.13 bits per heavy atom. The minimum atomic E-state index is -0.581. The highest BCUT2D eigenvalue weighted by atomic mass is 16.5. The minimum absolute atomic E-state index is 0.175. The van der Waals surface area contributed by atoms with Crippen molar-refractivity contribution >= 4 is 0 Å². The van der Waals surface area contributed by atoms with Crippen molar-refractivity contribution in [2.45, 2.75) is 63.6 Å². The van der Waals surface area contributed by atoms with Crippen LogP contribution in [0.5, 0.6) is 0 Å². The van der Waals surface area contributed by atoms with E-state index in [1.807, 2.05) is 0 Å². The molecule has 15 heavy (non-hydrogen) atoms. The second-order valence-corrected chi connectivity index (χ2v) is 5.54. The largest absolute Gasteiger partial charge is 0.385 e. The number of aliphatic hydroxyl groups is 1. The van der Waals surface area contributed by atoms with Crippen LogP contribution in [0, 0.1) is 0 Å². The Labute approximate surface area is 92.3 Å². The first-order valence-electron chi connectivity index (χ1n) is 6.08. The molecule has 0 amide bonds. The van der Waals surface area contributed by atoms with Crippen molar-refractivity contribution < 1.29 is 9.84 Å². The fraction of sp³-hybridized carbons (Fsp3) is 0.846. The molecule has 2 aliphatic rings. The molecular weight excluding hydrogens is 188 g/mol. The van der Waals surface area contributed by atoms with E-state index in [1.54, 1.807) is 0 Å². The molecule has 0 radical (unpaired) electrons. The van der Waals surface area contributed by atoms with Crippen LogP contribution < -0.4 is 0 Å². The van der Waals surface area contributed by atoms with Crippen LogP contribution in [0.1, 0.15) is 52.4 Å². The molecule has 1 aliphatic carbocycles. The number of allylic oxidation sites excluding steroid dienone is 1. The summed E-state index contributed by atoms with van der Waals surface area (Å²) in [7, 11) is 0. The first kappa shape index (κ1) is 11.2.